The number of carbonyl (C=O) groups excluding carboxylic acids is 1. The van der Waals surface area contributed by atoms with E-state index in [-0.39, 0.29) is 23.6 Å². The quantitative estimate of drug-likeness (QED) is 0.354. The highest BCUT2D eigenvalue weighted by Gasteiger charge is 2.37. The maximum atomic E-state index is 13.8. The first-order chi connectivity index (χ1) is 17.3. The van der Waals surface area contributed by atoms with E-state index in [0.717, 1.165) is 22.6 Å². The lowest BCUT2D eigenvalue weighted by Gasteiger charge is -2.30. The van der Waals surface area contributed by atoms with Gasteiger partial charge in [0.1, 0.15) is 5.75 Å². The SMILES string of the molecule is COc1cc(C2CC(=O)C3=C(C2)Nc2ccccc2NC3c2cc(Cl)ccc2O)ccc1OC(C)C. The summed E-state index contributed by atoms with van der Waals surface area (Å²) in [4.78, 5) is 13.8. The number of benzene rings is 3. The van der Waals surface area contributed by atoms with Crippen molar-refractivity contribution in [2.45, 2.75) is 44.8 Å². The summed E-state index contributed by atoms with van der Waals surface area (Å²) in [6, 6.07) is 18.1. The van der Waals surface area contributed by atoms with Crippen LogP contribution in [-0.4, -0.2) is 24.1 Å². The van der Waals surface area contributed by atoms with Crippen LogP contribution in [0.15, 0.2) is 71.9 Å². The number of Topliss-reactive ketones (excluding diaryl/α,β-unsaturated/α-hetero) is 1. The molecule has 0 saturated heterocycles. The van der Waals surface area contributed by atoms with Gasteiger partial charge < -0.3 is 25.2 Å². The van der Waals surface area contributed by atoms with Crippen LogP contribution in [0, 0.1) is 0 Å². The first-order valence-electron chi connectivity index (χ1n) is 12.1. The smallest absolute Gasteiger partial charge is 0.163 e. The van der Waals surface area contributed by atoms with Gasteiger partial charge in [0.15, 0.2) is 17.3 Å². The molecule has 3 aromatic carbocycles. The molecule has 0 saturated carbocycles. The zero-order valence-corrected chi connectivity index (χ0v) is 21.2. The third-order valence-electron chi connectivity index (χ3n) is 6.63. The zero-order chi connectivity index (χ0) is 25.4. The molecule has 0 fully saturated rings. The molecule has 5 rings (SSSR count). The highest BCUT2D eigenvalue weighted by Crippen LogP contribution is 2.46. The van der Waals surface area contributed by atoms with Gasteiger partial charge in [-0.2, -0.15) is 0 Å². The molecular weight excluding hydrogens is 476 g/mol. The molecule has 0 bridgehead atoms. The van der Waals surface area contributed by atoms with E-state index in [9.17, 15) is 9.90 Å². The van der Waals surface area contributed by atoms with E-state index in [2.05, 4.69) is 10.6 Å². The van der Waals surface area contributed by atoms with Crippen molar-refractivity contribution in [3.05, 3.63) is 88.1 Å². The molecule has 3 aromatic rings. The fourth-order valence-corrected chi connectivity index (χ4v) is 5.19. The lowest BCUT2D eigenvalue weighted by molar-refractivity contribution is -0.116. The number of ketones is 1. The number of phenols is 1. The number of carbonyl (C=O) groups is 1. The van der Waals surface area contributed by atoms with Crippen molar-refractivity contribution in [3.8, 4) is 17.2 Å². The normalized spacial score (nSPS) is 19.1. The highest BCUT2D eigenvalue weighted by molar-refractivity contribution is 6.30. The lowest BCUT2D eigenvalue weighted by Crippen LogP contribution is -2.27. The van der Waals surface area contributed by atoms with Crippen LogP contribution in [-0.2, 0) is 4.79 Å². The van der Waals surface area contributed by atoms with Gasteiger partial charge in [-0.05, 0) is 74.2 Å². The number of nitrogens with one attached hydrogen (secondary N) is 2. The Labute approximate surface area is 215 Å². The first kappa shape index (κ1) is 24.1. The van der Waals surface area contributed by atoms with E-state index in [1.54, 1.807) is 25.3 Å². The van der Waals surface area contributed by atoms with Gasteiger partial charge in [-0.25, -0.2) is 0 Å². The molecule has 0 amide bonds. The Morgan fingerprint density at radius 1 is 1.00 bits per heavy atom. The Bertz CT molecular complexity index is 1350. The Kier molecular flexibility index (Phi) is 6.54. The van der Waals surface area contributed by atoms with Gasteiger partial charge in [-0.1, -0.05) is 29.8 Å². The Balaban J connectivity index is 1.57. The van der Waals surface area contributed by atoms with Gasteiger partial charge in [-0.3, -0.25) is 4.79 Å². The lowest BCUT2D eigenvalue weighted by atomic mass is 9.78. The third kappa shape index (κ3) is 4.61. The monoisotopic (exact) mass is 504 g/mol. The van der Waals surface area contributed by atoms with Crippen LogP contribution in [0.4, 0.5) is 11.4 Å². The number of methoxy groups -OCH3 is 1. The van der Waals surface area contributed by atoms with E-state index in [0.29, 0.717) is 40.5 Å². The molecule has 0 aromatic heterocycles. The minimum absolute atomic E-state index is 0.0138. The number of para-hydroxylation sites is 2. The Morgan fingerprint density at radius 3 is 2.53 bits per heavy atom. The van der Waals surface area contributed by atoms with Gasteiger partial charge in [0, 0.05) is 28.3 Å². The molecule has 2 aliphatic rings. The molecule has 36 heavy (non-hydrogen) atoms. The van der Waals surface area contributed by atoms with Crippen LogP contribution in [0.3, 0.4) is 0 Å². The van der Waals surface area contributed by atoms with Crippen molar-refractivity contribution in [3.63, 3.8) is 0 Å². The summed E-state index contributed by atoms with van der Waals surface area (Å²) < 4.78 is 11.5. The van der Waals surface area contributed by atoms with Crippen LogP contribution in [0.5, 0.6) is 17.2 Å². The van der Waals surface area contributed by atoms with Gasteiger partial charge >= 0.3 is 0 Å². The van der Waals surface area contributed by atoms with Crippen molar-refractivity contribution < 1.29 is 19.4 Å². The second kappa shape index (κ2) is 9.78. The summed E-state index contributed by atoms with van der Waals surface area (Å²) in [7, 11) is 1.62. The fraction of sp³-hybridized carbons (Fsp3) is 0.276. The van der Waals surface area contributed by atoms with Gasteiger partial charge in [0.2, 0.25) is 0 Å². The summed E-state index contributed by atoms with van der Waals surface area (Å²) in [6.07, 6.45) is 0.989. The standard InChI is InChI=1S/C29H29ClN2O4/c1-16(2)36-26-11-8-17(14-27(26)35-3)18-12-23-28(25(34)13-18)29(20-15-19(30)9-10-24(20)33)32-22-7-5-4-6-21(22)31-23/h4-11,14-16,18,29,31-33H,12-13H2,1-3H3. The van der Waals surface area contributed by atoms with Crippen LogP contribution in [0.25, 0.3) is 0 Å². The fourth-order valence-electron chi connectivity index (χ4n) is 5.01. The Morgan fingerprint density at radius 2 is 1.78 bits per heavy atom. The van der Waals surface area contributed by atoms with Crippen LogP contribution < -0.4 is 20.1 Å². The second-order valence-corrected chi connectivity index (χ2v) is 9.88. The summed E-state index contributed by atoms with van der Waals surface area (Å²) >= 11 is 6.29. The molecule has 2 atom stereocenters. The number of hydrogen-bond acceptors (Lipinski definition) is 6. The minimum atomic E-state index is -0.542. The summed E-state index contributed by atoms with van der Waals surface area (Å²) in [5, 5.41) is 18.2. The number of aromatic hydroxyl groups is 1. The van der Waals surface area contributed by atoms with E-state index in [1.165, 1.54) is 0 Å². The number of halogens is 1. The topological polar surface area (TPSA) is 79.8 Å². The Hall–Kier alpha value is -3.64. The van der Waals surface area contributed by atoms with Gasteiger partial charge in [-0.15, -0.1) is 0 Å². The number of anilines is 2. The van der Waals surface area contributed by atoms with Crippen LogP contribution in [0.2, 0.25) is 5.02 Å². The highest BCUT2D eigenvalue weighted by atomic mass is 35.5. The average molecular weight is 505 g/mol. The van der Waals surface area contributed by atoms with E-state index < -0.39 is 6.04 Å². The third-order valence-corrected chi connectivity index (χ3v) is 6.87. The molecule has 3 N–H and O–H groups in total. The molecule has 2 unspecified atom stereocenters. The molecule has 1 aliphatic carbocycles. The number of phenolic OH excluding ortho intramolecular Hbond substituents is 1. The molecule has 1 aliphatic heterocycles. The molecule has 186 valence electrons. The number of ether oxygens (including phenoxy) is 2. The summed E-state index contributed by atoms with van der Waals surface area (Å²) in [5.74, 6) is 1.39. The molecule has 0 spiro atoms. The predicted molar refractivity (Wildman–Crippen MR) is 142 cm³/mol. The molecule has 1 heterocycles. The van der Waals surface area contributed by atoms with Crippen molar-refractivity contribution in [2.75, 3.05) is 17.7 Å². The van der Waals surface area contributed by atoms with Gasteiger partial charge in [0.25, 0.3) is 0 Å². The summed E-state index contributed by atoms with van der Waals surface area (Å²) in [5.41, 5.74) is 4.75. The number of allylic oxidation sites excluding steroid dienone is 1. The zero-order valence-electron chi connectivity index (χ0n) is 20.5. The van der Waals surface area contributed by atoms with Crippen molar-refractivity contribution in [1.29, 1.82) is 0 Å². The predicted octanol–water partition coefficient (Wildman–Crippen LogP) is 6.82. The van der Waals surface area contributed by atoms with Crippen molar-refractivity contribution in [2.24, 2.45) is 0 Å². The number of fused-ring (bicyclic) bond motifs is 1. The average Bonchev–Trinajstić information content (AvgIpc) is 3.02. The molecular formula is C29H29ClN2O4. The van der Waals surface area contributed by atoms with E-state index in [4.69, 9.17) is 21.1 Å². The molecule has 6 nitrogen and oxygen atoms in total. The number of hydrogen-bond donors (Lipinski definition) is 3. The van der Waals surface area contributed by atoms with Crippen molar-refractivity contribution >= 4 is 28.8 Å². The van der Waals surface area contributed by atoms with Gasteiger partial charge in [0.05, 0.1) is 30.6 Å². The second-order valence-electron chi connectivity index (χ2n) is 9.45. The first-order valence-corrected chi connectivity index (χ1v) is 12.4. The minimum Gasteiger partial charge on any atom is -0.508 e. The van der Waals surface area contributed by atoms with E-state index in [1.807, 2.05) is 56.3 Å². The largest absolute Gasteiger partial charge is 0.508 e. The maximum Gasteiger partial charge on any atom is 0.163 e. The molecule has 0 radical (unpaired) electrons. The summed E-state index contributed by atoms with van der Waals surface area (Å²) in [6.45, 7) is 3.94. The van der Waals surface area contributed by atoms with Crippen molar-refractivity contribution in [1.82, 2.24) is 0 Å². The van der Waals surface area contributed by atoms with Crippen LogP contribution >= 0.6 is 11.6 Å². The number of rotatable bonds is 5. The maximum absolute atomic E-state index is 13.8. The molecule has 7 heteroatoms. The van der Waals surface area contributed by atoms with Crippen LogP contribution in [0.1, 0.15) is 49.8 Å². The van der Waals surface area contributed by atoms with E-state index >= 15 is 0 Å².